The molecule has 0 aliphatic rings. The molecule has 9 nitrogen and oxygen atoms in total. The number of esters is 1. The summed E-state index contributed by atoms with van der Waals surface area (Å²) in [4.78, 5) is 42.0. The lowest BCUT2D eigenvalue weighted by Gasteiger charge is -2.12. The number of nitrogens with one attached hydrogen (secondary N) is 1. The monoisotopic (exact) mass is 438 g/mol. The second kappa shape index (κ2) is 9.59. The van der Waals surface area contributed by atoms with Crippen LogP contribution < -0.4 is 10.1 Å². The Morgan fingerprint density at radius 3 is 2.47 bits per heavy atom. The summed E-state index contributed by atoms with van der Waals surface area (Å²) >= 11 is 0. The normalized spacial score (nSPS) is 11.1. The maximum absolute atomic E-state index is 12.8. The van der Waals surface area contributed by atoms with Gasteiger partial charge in [-0.2, -0.15) is 5.10 Å². The number of pyridine rings is 1. The number of carbonyl (C=O) groups is 3. The highest BCUT2D eigenvalue weighted by molar-refractivity contribution is 6.07. The zero-order valence-electron chi connectivity index (χ0n) is 18.7. The standard InChI is InChI=1S/C23H26N4O5/c1-13(2)18-10-16(17-11-24-27(14(3)4)21(17)25-18)23(30)32-12-20(28)26-22(29)15-8-6-7-9-19(15)31-5/h6-11,13-14H,12H2,1-5H3,(H,26,28,29). The number of ether oxygens (including phenoxy) is 2. The molecule has 0 spiro atoms. The van der Waals surface area contributed by atoms with Gasteiger partial charge in [0.2, 0.25) is 0 Å². The Morgan fingerprint density at radius 2 is 1.81 bits per heavy atom. The van der Waals surface area contributed by atoms with Gasteiger partial charge < -0.3 is 9.47 Å². The fourth-order valence-electron chi connectivity index (χ4n) is 3.15. The van der Waals surface area contributed by atoms with Crippen LogP contribution in [0.4, 0.5) is 0 Å². The molecule has 2 heterocycles. The van der Waals surface area contributed by atoms with Gasteiger partial charge in [-0.15, -0.1) is 0 Å². The molecule has 1 N–H and O–H groups in total. The van der Waals surface area contributed by atoms with E-state index in [9.17, 15) is 14.4 Å². The number of aromatic nitrogens is 3. The highest BCUT2D eigenvalue weighted by Crippen LogP contribution is 2.25. The summed E-state index contributed by atoms with van der Waals surface area (Å²) in [6.45, 7) is 7.26. The molecular weight excluding hydrogens is 412 g/mol. The number of methoxy groups -OCH3 is 1. The van der Waals surface area contributed by atoms with Gasteiger partial charge in [0.25, 0.3) is 11.8 Å². The lowest BCUT2D eigenvalue weighted by Crippen LogP contribution is -2.34. The highest BCUT2D eigenvalue weighted by Gasteiger charge is 2.21. The fraction of sp³-hybridized carbons (Fsp3) is 0.348. The SMILES string of the molecule is COc1ccccc1C(=O)NC(=O)COC(=O)c1cc(C(C)C)nc2c1cnn2C(C)C. The Labute approximate surface area is 185 Å². The van der Waals surface area contributed by atoms with Gasteiger partial charge >= 0.3 is 5.97 Å². The average Bonchev–Trinajstić information content (AvgIpc) is 3.21. The summed E-state index contributed by atoms with van der Waals surface area (Å²) in [6, 6.07) is 8.21. The Kier molecular flexibility index (Phi) is 6.87. The summed E-state index contributed by atoms with van der Waals surface area (Å²) < 4.78 is 12.1. The maximum Gasteiger partial charge on any atom is 0.339 e. The highest BCUT2D eigenvalue weighted by atomic mass is 16.5. The molecule has 1 aromatic carbocycles. The molecule has 0 atom stereocenters. The Morgan fingerprint density at radius 1 is 1.09 bits per heavy atom. The number of benzene rings is 1. The van der Waals surface area contributed by atoms with Crippen molar-refractivity contribution in [1.29, 1.82) is 0 Å². The summed E-state index contributed by atoms with van der Waals surface area (Å²) in [5.74, 6) is -1.68. The number of nitrogens with zero attached hydrogens (tertiary/aromatic N) is 3. The largest absolute Gasteiger partial charge is 0.496 e. The topological polar surface area (TPSA) is 112 Å². The van der Waals surface area contributed by atoms with Crippen LogP contribution in [-0.4, -0.2) is 46.3 Å². The molecule has 0 fully saturated rings. The van der Waals surface area contributed by atoms with Crippen molar-refractivity contribution in [2.45, 2.75) is 39.7 Å². The Hall–Kier alpha value is -3.75. The van der Waals surface area contributed by atoms with E-state index in [1.807, 2.05) is 27.7 Å². The average molecular weight is 438 g/mol. The van der Waals surface area contributed by atoms with Gasteiger partial charge in [0.1, 0.15) is 5.75 Å². The molecule has 9 heteroatoms. The van der Waals surface area contributed by atoms with Crippen molar-refractivity contribution in [1.82, 2.24) is 20.1 Å². The molecule has 32 heavy (non-hydrogen) atoms. The first-order chi connectivity index (χ1) is 15.2. The molecule has 0 radical (unpaired) electrons. The number of fused-ring (bicyclic) bond motifs is 1. The molecule has 3 rings (SSSR count). The van der Waals surface area contributed by atoms with Gasteiger partial charge in [0, 0.05) is 11.7 Å². The van der Waals surface area contributed by atoms with E-state index in [2.05, 4.69) is 15.4 Å². The van der Waals surface area contributed by atoms with Crippen molar-refractivity contribution < 1.29 is 23.9 Å². The van der Waals surface area contributed by atoms with Crippen molar-refractivity contribution in [2.75, 3.05) is 13.7 Å². The predicted octanol–water partition coefficient (Wildman–Crippen LogP) is 3.26. The first-order valence-corrected chi connectivity index (χ1v) is 10.2. The van der Waals surface area contributed by atoms with Crippen molar-refractivity contribution in [3.63, 3.8) is 0 Å². The van der Waals surface area contributed by atoms with E-state index in [0.717, 1.165) is 0 Å². The number of carbonyl (C=O) groups excluding carboxylic acids is 3. The third kappa shape index (κ3) is 4.77. The predicted molar refractivity (Wildman–Crippen MR) is 118 cm³/mol. The third-order valence-electron chi connectivity index (χ3n) is 4.83. The lowest BCUT2D eigenvalue weighted by molar-refractivity contribution is -0.123. The van der Waals surface area contributed by atoms with Crippen LogP contribution in [0.25, 0.3) is 11.0 Å². The molecule has 0 aliphatic carbocycles. The molecule has 168 valence electrons. The van der Waals surface area contributed by atoms with Gasteiger partial charge in [0.05, 0.1) is 29.8 Å². The number of imide groups is 1. The van der Waals surface area contributed by atoms with Crippen LogP contribution >= 0.6 is 0 Å². The summed E-state index contributed by atoms with van der Waals surface area (Å²) in [7, 11) is 1.43. The molecule has 0 saturated carbocycles. The number of para-hydroxylation sites is 1. The van der Waals surface area contributed by atoms with E-state index < -0.39 is 24.4 Å². The van der Waals surface area contributed by atoms with Crippen molar-refractivity contribution in [3.8, 4) is 5.75 Å². The first-order valence-electron chi connectivity index (χ1n) is 10.2. The van der Waals surface area contributed by atoms with Gasteiger partial charge in [-0.3, -0.25) is 14.9 Å². The summed E-state index contributed by atoms with van der Waals surface area (Å²) in [6.07, 6.45) is 1.56. The molecular formula is C23H26N4O5. The maximum atomic E-state index is 12.8. The minimum Gasteiger partial charge on any atom is -0.496 e. The first kappa shape index (κ1) is 22.9. The van der Waals surface area contributed by atoms with Crippen LogP contribution in [0.2, 0.25) is 0 Å². The Bertz CT molecular complexity index is 1170. The minimum absolute atomic E-state index is 0.0538. The van der Waals surface area contributed by atoms with Crippen molar-refractivity contribution in [2.24, 2.45) is 0 Å². The molecule has 2 aromatic heterocycles. The van der Waals surface area contributed by atoms with Crippen LogP contribution in [0.5, 0.6) is 5.75 Å². The molecule has 0 aliphatic heterocycles. The zero-order chi connectivity index (χ0) is 23.4. The minimum atomic E-state index is -0.749. The molecule has 2 amide bonds. The molecule has 0 unspecified atom stereocenters. The second-order valence-corrected chi connectivity index (χ2v) is 7.82. The van der Waals surface area contributed by atoms with Gasteiger partial charge in [0.15, 0.2) is 12.3 Å². The van der Waals surface area contributed by atoms with E-state index in [1.54, 1.807) is 35.1 Å². The summed E-state index contributed by atoms with van der Waals surface area (Å²) in [5, 5.41) is 7.07. The number of hydrogen-bond donors (Lipinski definition) is 1. The number of amides is 2. The second-order valence-electron chi connectivity index (χ2n) is 7.82. The van der Waals surface area contributed by atoms with Crippen LogP contribution in [-0.2, 0) is 9.53 Å². The van der Waals surface area contributed by atoms with Gasteiger partial charge in [-0.25, -0.2) is 14.5 Å². The third-order valence-corrected chi connectivity index (χ3v) is 4.83. The van der Waals surface area contributed by atoms with E-state index in [-0.39, 0.29) is 23.1 Å². The molecule has 0 saturated heterocycles. The van der Waals surface area contributed by atoms with Gasteiger partial charge in [-0.1, -0.05) is 26.0 Å². The van der Waals surface area contributed by atoms with Crippen LogP contribution in [0.15, 0.2) is 36.5 Å². The Balaban J connectivity index is 1.76. The molecule has 3 aromatic rings. The number of hydrogen-bond acceptors (Lipinski definition) is 7. The van der Waals surface area contributed by atoms with E-state index >= 15 is 0 Å². The zero-order valence-corrected chi connectivity index (χ0v) is 18.7. The van der Waals surface area contributed by atoms with E-state index in [4.69, 9.17) is 9.47 Å². The quantitative estimate of drug-likeness (QED) is 0.564. The van der Waals surface area contributed by atoms with Gasteiger partial charge in [-0.05, 0) is 38.0 Å². The van der Waals surface area contributed by atoms with E-state index in [0.29, 0.717) is 22.5 Å². The number of rotatable bonds is 7. The van der Waals surface area contributed by atoms with Crippen molar-refractivity contribution >= 4 is 28.8 Å². The van der Waals surface area contributed by atoms with Crippen molar-refractivity contribution in [3.05, 3.63) is 53.3 Å². The molecule has 0 bridgehead atoms. The van der Waals surface area contributed by atoms with Crippen LogP contribution in [0.1, 0.15) is 66.1 Å². The smallest absolute Gasteiger partial charge is 0.339 e. The summed E-state index contributed by atoms with van der Waals surface area (Å²) in [5.41, 5.74) is 1.76. The van der Waals surface area contributed by atoms with Crippen LogP contribution in [0.3, 0.4) is 0 Å². The lowest BCUT2D eigenvalue weighted by atomic mass is 10.1. The van der Waals surface area contributed by atoms with E-state index in [1.165, 1.54) is 13.2 Å². The van der Waals surface area contributed by atoms with Crippen LogP contribution in [0, 0.1) is 0 Å². The fourth-order valence-corrected chi connectivity index (χ4v) is 3.15.